The highest BCUT2D eigenvalue weighted by atomic mass is 15.2. The van der Waals surface area contributed by atoms with Crippen LogP contribution < -0.4 is 11.3 Å². The monoisotopic (exact) mass is 225 g/mol. The number of anilines is 1. The van der Waals surface area contributed by atoms with Gasteiger partial charge in [-0.1, -0.05) is 30.3 Å². The minimum atomic E-state index is 0.683. The lowest BCUT2D eigenvalue weighted by Gasteiger charge is -1.96. The van der Waals surface area contributed by atoms with Gasteiger partial charge in [0.15, 0.2) is 5.65 Å². The van der Waals surface area contributed by atoms with E-state index >= 15 is 0 Å². The number of pyridine rings is 1. The molecule has 0 aliphatic heterocycles. The quantitative estimate of drug-likeness (QED) is 0.459. The molecule has 0 radical (unpaired) electrons. The third-order valence-corrected chi connectivity index (χ3v) is 2.55. The minimum Gasteiger partial charge on any atom is -0.337 e. The van der Waals surface area contributed by atoms with Gasteiger partial charge >= 0.3 is 0 Å². The Bertz CT molecular complexity index is 644. The Morgan fingerprint density at radius 1 is 1.18 bits per heavy atom. The van der Waals surface area contributed by atoms with Crippen molar-refractivity contribution in [3.63, 3.8) is 0 Å². The van der Waals surface area contributed by atoms with Crippen LogP contribution in [0.2, 0.25) is 0 Å². The predicted molar refractivity (Wildman–Crippen MR) is 67.1 cm³/mol. The van der Waals surface area contributed by atoms with E-state index < -0.39 is 0 Å². The standard InChI is InChI=1S/C12H11N5/c13-17-9-6-10-12(14-7-9)16-11(15-10)8-4-2-1-3-5-8/h1-7,17H,13H2,(H,14,15,16). The number of nitrogens with zero attached hydrogens (tertiary/aromatic N) is 2. The first kappa shape index (κ1) is 9.80. The molecule has 0 saturated heterocycles. The van der Waals surface area contributed by atoms with Crippen LogP contribution >= 0.6 is 0 Å². The maximum Gasteiger partial charge on any atom is 0.178 e. The first-order chi connectivity index (χ1) is 8.36. The van der Waals surface area contributed by atoms with Gasteiger partial charge < -0.3 is 10.4 Å². The highest BCUT2D eigenvalue weighted by Crippen LogP contribution is 2.20. The van der Waals surface area contributed by atoms with Crippen LogP contribution in [0.4, 0.5) is 5.69 Å². The number of benzene rings is 1. The fourth-order valence-electron chi connectivity index (χ4n) is 1.71. The molecule has 1 aromatic carbocycles. The van der Waals surface area contributed by atoms with Crippen molar-refractivity contribution < 1.29 is 0 Å². The van der Waals surface area contributed by atoms with Crippen LogP contribution in [0, 0.1) is 0 Å². The summed E-state index contributed by atoms with van der Waals surface area (Å²) in [6, 6.07) is 11.8. The summed E-state index contributed by atoms with van der Waals surface area (Å²) in [6.45, 7) is 0. The SMILES string of the molecule is NNc1cnc2nc(-c3ccccc3)[nH]c2c1. The van der Waals surface area contributed by atoms with Crippen molar-refractivity contribution in [3.05, 3.63) is 42.6 Å². The van der Waals surface area contributed by atoms with E-state index in [1.54, 1.807) is 6.20 Å². The third-order valence-electron chi connectivity index (χ3n) is 2.55. The second kappa shape index (κ2) is 3.88. The van der Waals surface area contributed by atoms with E-state index in [4.69, 9.17) is 5.84 Å². The second-order valence-corrected chi connectivity index (χ2v) is 3.69. The van der Waals surface area contributed by atoms with E-state index in [0.29, 0.717) is 5.65 Å². The number of hydrogen-bond donors (Lipinski definition) is 3. The normalized spacial score (nSPS) is 10.6. The van der Waals surface area contributed by atoms with E-state index in [1.807, 2.05) is 36.4 Å². The van der Waals surface area contributed by atoms with Crippen molar-refractivity contribution in [2.24, 2.45) is 5.84 Å². The summed E-state index contributed by atoms with van der Waals surface area (Å²) in [7, 11) is 0. The molecular formula is C12H11N5. The third kappa shape index (κ3) is 1.72. The summed E-state index contributed by atoms with van der Waals surface area (Å²) in [5, 5.41) is 0. The highest BCUT2D eigenvalue weighted by molar-refractivity contribution is 5.78. The molecule has 0 saturated carbocycles. The molecular weight excluding hydrogens is 214 g/mol. The molecule has 3 rings (SSSR count). The Balaban J connectivity index is 2.14. The van der Waals surface area contributed by atoms with Crippen molar-refractivity contribution >= 4 is 16.9 Å². The number of rotatable bonds is 2. The van der Waals surface area contributed by atoms with Gasteiger partial charge in [0.1, 0.15) is 5.82 Å². The number of nitrogens with two attached hydrogens (primary N) is 1. The average Bonchev–Trinajstić information content (AvgIpc) is 2.82. The van der Waals surface area contributed by atoms with Crippen LogP contribution in [0.1, 0.15) is 0 Å². The van der Waals surface area contributed by atoms with E-state index in [0.717, 1.165) is 22.6 Å². The van der Waals surface area contributed by atoms with Crippen LogP contribution in [0.15, 0.2) is 42.6 Å². The number of hydrogen-bond acceptors (Lipinski definition) is 4. The second-order valence-electron chi connectivity index (χ2n) is 3.69. The Morgan fingerprint density at radius 3 is 2.76 bits per heavy atom. The molecule has 0 spiro atoms. The predicted octanol–water partition coefficient (Wildman–Crippen LogP) is 1.91. The van der Waals surface area contributed by atoms with Gasteiger partial charge in [0.25, 0.3) is 0 Å². The van der Waals surface area contributed by atoms with E-state index in [2.05, 4.69) is 20.4 Å². The zero-order valence-electron chi connectivity index (χ0n) is 9.01. The first-order valence-corrected chi connectivity index (χ1v) is 5.24. The Labute approximate surface area is 97.7 Å². The summed E-state index contributed by atoms with van der Waals surface area (Å²) >= 11 is 0. The summed E-state index contributed by atoms with van der Waals surface area (Å²) in [4.78, 5) is 11.9. The molecule has 0 bridgehead atoms. The van der Waals surface area contributed by atoms with Crippen molar-refractivity contribution in [3.8, 4) is 11.4 Å². The maximum atomic E-state index is 5.33. The van der Waals surface area contributed by atoms with Gasteiger partial charge in [0.05, 0.1) is 17.4 Å². The zero-order valence-corrected chi connectivity index (χ0v) is 9.01. The molecule has 5 nitrogen and oxygen atoms in total. The lowest BCUT2D eigenvalue weighted by Crippen LogP contribution is -2.06. The Hall–Kier alpha value is -2.40. The number of fused-ring (bicyclic) bond motifs is 1. The van der Waals surface area contributed by atoms with Gasteiger partial charge in [-0.2, -0.15) is 0 Å². The topological polar surface area (TPSA) is 79.6 Å². The fraction of sp³-hybridized carbons (Fsp3) is 0. The van der Waals surface area contributed by atoms with Crippen LogP contribution in [-0.2, 0) is 0 Å². The van der Waals surface area contributed by atoms with Gasteiger partial charge in [-0.3, -0.25) is 5.84 Å². The van der Waals surface area contributed by atoms with Gasteiger partial charge in [-0.05, 0) is 6.07 Å². The number of aromatic amines is 1. The minimum absolute atomic E-state index is 0.683. The van der Waals surface area contributed by atoms with Crippen LogP contribution in [0.25, 0.3) is 22.6 Å². The molecule has 4 N–H and O–H groups in total. The van der Waals surface area contributed by atoms with Gasteiger partial charge in [-0.25, -0.2) is 9.97 Å². The highest BCUT2D eigenvalue weighted by Gasteiger charge is 2.05. The van der Waals surface area contributed by atoms with Crippen molar-refractivity contribution in [2.45, 2.75) is 0 Å². The van der Waals surface area contributed by atoms with E-state index in [-0.39, 0.29) is 0 Å². The summed E-state index contributed by atoms with van der Waals surface area (Å²) < 4.78 is 0. The molecule has 0 unspecified atom stereocenters. The van der Waals surface area contributed by atoms with Gasteiger partial charge in [-0.15, -0.1) is 0 Å². The number of hydrazine groups is 1. The molecule has 0 aliphatic rings. The largest absolute Gasteiger partial charge is 0.337 e. The summed E-state index contributed by atoms with van der Waals surface area (Å²) in [6.07, 6.45) is 1.65. The van der Waals surface area contributed by atoms with Crippen LogP contribution in [-0.4, -0.2) is 15.0 Å². The fourth-order valence-corrected chi connectivity index (χ4v) is 1.71. The number of imidazole rings is 1. The maximum absolute atomic E-state index is 5.33. The molecule has 0 fully saturated rings. The number of nitrogen functional groups attached to an aromatic ring is 1. The Kier molecular flexibility index (Phi) is 2.23. The lowest BCUT2D eigenvalue weighted by atomic mass is 10.2. The molecule has 0 amide bonds. The number of H-pyrrole nitrogens is 1. The molecule has 2 aromatic heterocycles. The Morgan fingerprint density at radius 2 is 2.00 bits per heavy atom. The molecule has 5 heteroatoms. The van der Waals surface area contributed by atoms with E-state index in [9.17, 15) is 0 Å². The van der Waals surface area contributed by atoms with Crippen LogP contribution in [0.3, 0.4) is 0 Å². The average molecular weight is 225 g/mol. The molecule has 2 heterocycles. The molecule has 0 aliphatic carbocycles. The van der Waals surface area contributed by atoms with Crippen molar-refractivity contribution in [1.29, 1.82) is 0 Å². The van der Waals surface area contributed by atoms with Crippen molar-refractivity contribution in [2.75, 3.05) is 5.43 Å². The summed E-state index contributed by atoms with van der Waals surface area (Å²) in [5.74, 6) is 6.14. The molecule has 84 valence electrons. The molecule has 0 atom stereocenters. The number of nitrogens with one attached hydrogen (secondary N) is 2. The zero-order chi connectivity index (χ0) is 11.7. The number of aromatic nitrogens is 3. The summed E-state index contributed by atoms with van der Waals surface area (Å²) in [5.41, 5.74) is 5.89. The van der Waals surface area contributed by atoms with Gasteiger partial charge in [0.2, 0.25) is 0 Å². The smallest absolute Gasteiger partial charge is 0.178 e. The molecule has 17 heavy (non-hydrogen) atoms. The lowest BCUT2D eigenvalue weighted by molar-refractivity contribution is 1.28. The molecule has 3 aromatic rings. The van der Waals surface area contributed by atoms with Crippen molar-refractivity contribution in [1.82, 2.24) is 15.0 Å². The van der Waals surface area contributed by atoms with Crippen LogP contribution in [0.5, 0.6) is 0 Å². The first-order valence-electron chi connectivity index (χ1n) is 5.24. The van der Waals surface area contributed by atoms with Gasteiger partial charge in [0, 0.05) is 5.56 Å². The van der Waals surface area contributed by atoms with E-state index in [1.165, 1.54) is 0 Å².